The van der Waals surface area contributed by atoms with Gasteiger partial charge in [0.05, 0.1) is 6.10 Å². The minimum atomic E-state index is -0.175. The van der Waals surface area contributed by atoms with E-state index < -0.39 is 0 Å². The summed E-state index contributed by atoms with van der Waals surface area (Å²) in [5.74, 6) is 7.24. The molecule has 5 rings (SSSR count). The number of allylic oxidation sites excluding steroid dienone is 1. The molecule has 0 saturated heterocycles. The van der Waals surface area contributed by atoms with Crippen LogP contribution in [0.25, 0.3) is 0 Å². The zero-order valence-electron chi connectivity index (χ0n) is 21.6. The molecule has 11 atom stereocenters. The van der Waals surface area contributed by atoms with E-state index in [1.54, 1.807) is 5.57 Å². The summed E-state index contributed by atoms with van der Waals surface area (Å²) in [5, 5.41) is 10.2. The van der Waals surface area contributed by atoms with Crippen molar-refractivity contribution in [2.45, 2.75) is 112 Å². The molecule has 1 N–H and O–H groups in total. The Morgan fingerprint density at radius 1 is 0.871 bits per heavy atom. The second kappa shape index (κ2) is 7.35. The van der Waals surface area contributed by atoms with Crippen molar-refractivity contribution in [1.29, 1.82) is 0 Å². The molecule has 4 fully saturated rings. The van der Waals surface area contributed by atoms with Gasteiger partial charge in [-0.15, -0.1) is 0 Å². The van der Waals surface area contributed by atoms with E-state index in [1.807, 2.05) is 0 Å². The smallest absolute Gasteiger partial charge is 0.0724 e. The molecular weight excluding hydrogens is 376 g/mol. The Balaban J connectivity index is 1.35. The average molecular weight is 427 g/mol. The molecule has 0 heterocycles. The quantitative estimate of drug-likeness (QED) is 0.453. The highest BCUT2D eigenvalue weighted by molar-refractivity contribution is 5.25. The molecule has 0 radical (unpaired) electrons. The lowest BCUT2D eigenvalue weighted by Gasteiger charge is -2.59. The highest BCUT2D eigenvalue weighted by atomic mass is 16.3. The van der Waals surface area contributed by atoms with Gasteiger partial charge in [-0.3, -0.25) is 0 Å². The molecule has 0 spiro atoms. The maximum Gasteiger partial charge on any atom is 0.0724 e. The van der Waals surface area contributed by atoms with Crippen LogP contribution in [0.2, 0.25) is 0 Å². The largest absolute Gasteiger partial charge is 0.389 e. The van der Waals surface area contributed by atoms with E-state index in [4.69, 9.17) is 0 Å². The highest BCUT2D eigenvalue weighted by Gasteiger charge is 2.63. The van der Waals surface area contributed by atoms with Gasteiger partial charge in [0.25, 0.3) is 0 Å². The molecule has 5 aliphatic carbocycles. The molecule has 1 nitrogen and oxygen atoms in total. The fourth-order valence-electron chi connectivity index (χ4n) is 10.4. The van der Waals surface area contributed by atoms with E-state index in [2.05, 4.69) is 54.5 Å². The van der Waals surface area contributed by atoms with Gasteiger partial charge in [0.15, 0.2) is 0 Å². The van der Waals surface area contributed by atoms with Crippen LogP contribution in [0.1, 0.15) is 106 Å². The summed E-state index contributed by atoms with van der Waals surface area (Å²) in [6.45, 7) is 17.9. The van der Waals surface area contributed by atoms with Gasteiger partial charge in [0.1, 0.15) is 0 Å². The Kier molecular flexibility index (Phi) is 5.33. The number of aliphatic hydroxyl groups excluding tert-OH is 1. The first kappa shape index (κ1) is 22.5. The van der Waals surface area contributed by atoms with E-state index in [0.717, 1.165) is 53.8 Å². The summed E-state index contributed by atoms with van der Waals surface area (Å²) in [6.07, 6.45) is 14.3. The van der Waals surface area contributed by atoms with Gasteiger partial charge in [0, 0.05) is 0 Å². The van der Waals surface area contributed by atoms with E-state index in [9.17, 15) is 5.11 Å². The molecule has 176 valence electrons. The van der Waals surface area contributed by atoms with Crippen molar-refractivity contribution in [3.8, 4) is 0 Å². The Bertz CT molecular complexity index is 737. The summed E-state index contributed by atoms with van der Waals surface area (Å²) >= 11 is 0. The molecule has 0 aromatic heterocycles. The molecule has 0 unspecified atom stereocenters. The minimum Gasteiger partial charge on any atom is -0.389 e. The highest BCUT2D eigenvalue weighted by Crippen LogP contribution is 2.71. The molecule has 31 heavy (non-hydrogen) atoms. The van der Waals surface area contributed by atoms with Crippen molar-refractivity contribution in [3.05, 3.63) is 11.6 Å². The zero-order chi connectivity index (χ0) is 22.3. The molecular formula is C30H50O. The minimum absolute atomic E-state index is 0.175. The molecule has 0 bridgehead atoms. The van der Waals surface area contributed by atoms with Crippen LogP contribution in [-0.4, -0.2) is 11.2 Å². The van der Waals surface area contributed by atoms with Crippen molar-refractivity contribution < 1.29 is 5.11 Å². The van der Waals surface area contributed by atoms with Crippen LogP contribution in [0, 0.1) is 63.6 Å². The fraction of sp³-hybridized carbons (Fsp3) is 0.933. The third kappa shape index (κ3) is 3.18. The van der Waals surface area contributed by atoms with Gasteiger partial charge in [-0.2, -0.15) is 0 Å². The number of hydrogen-bond donors (Lipinski definition) is 1. The van der Waals surface area contributed by atoms with Gasteiger partial charge in [0.2, 0.25) is 0 Å². The molecule has 0 aliphatic heterocycles. The number of aliphatic hydroxyl groups is 1. The van der Waals surface area contributed by atoms with Gasteiger partial charge >= 0.3 is 0 Å². The van der Waals surface area contributed by atoms with Gasteiger partial charge in [-0.25, -0.2) is 0 Å². The predicted octanol–water partition coefficient (Wildman–Crippen LogP) is 7.88. The summed E-state index contributed by atoms with van der Waals surface area (Å²) < 4.78 is 0. The van der Waals surface area contributed by atoms with Crippen molar-refractivity contribution in [2.75, 3.05) is 0 Å². The molecule has 0 amide bonds. The van der Waals surface area contributed by atoms with E-state index in [1.165, 1.54) is 51.4 Å². The second-order valence-electron chi connectivity index (χ2n) is 14.1. The molecule has 0 aromatic rings. The predicted molar refractivity (Wildman–Crippen MR) is 131 cm³/mol. The monoisotopic (exact) mass is 426 g/mol. The lowest BCUT2D eigenvalue weighted by Crippen LogP contribution is -2.51. The number of hydrogen-bond acceptors (Lipinski definition) is 1. The van der Waals surface area contributed by atoms with Crippen LogP contribution in [0.3, 0.4) is 0 Å². The van der Waals surface area contributed by atoms with Crippen molar-refractivity contribution in [1.82, 2.24) is 0 Å². The van der Waals surface area contributed by atoms with Crippen LogP contribution in [0.15, 0.2) is 11.6 Å². The third-order valence-electron chi connectivity index (χ3n) is 12.8. The van der Waals surface area contributed by atoms with Crippen LogP contribution in [-0.2, 0) is 0 Å². The van der Waals surface area contributed by atoms with E-state index in [-0.39, 0.29) is 6.10 Å². The van der Waals surface area contributed by atoms with Crippen LogP contribution >= 0.6 is 0 Å². The maximum absolute atomic E-state index is 10.2. The first-order chi connectivity index (χ1) is 14.5. The lowest BCUT2D eigenvalue weighted by molar-refractivity contribution is -0.0646. The molecule has 0 aromatic carbocycles. The Hall–Kier alpha value is -0.300. The van der Waals surface area contributed by atoms with Crippen molar-refractivity contribution >= 4 is 0 Å². The van der Waals surface area contributed by atoms with Crippen molar-refractivity contribution in [2.24, 2.45) is 63.6 Å². The van der Waals surface area contributed by atoms with Crippen molar-refractivity contribution in [3.63, 3.8) is 0 Å². The fourth-order valence-corrected chi connectivity index (χ4v) is 10.4. The molecule has 5 aliphatic rings. The zero-order valence-corrected chi connectivity index (χ0v) is 21.6. The van der Waals surface area contributed by atoms with Gasteiger partial charge in [-0.1, -0.05) is 60.1 Å². The molecule has 1 heteroatoms. The Morgan fingerprint density at radius 3 is 2.32 bits per heavy atom. The summed E-state index contributed by atoms with van der Waals surface area (Å²) in [7, 11) is 0. The first-order valence-electron chi connectivity index (χ1n) is 13.9. The SMILES string of the molecule is CC(C)[C@@H](C)[C@@]1(C)C[C@@H]1[C@@H](C)[C@H]1CC[C@H]2[C@@H]3CCC4=C[C@@H](O)CC[C@]4(C)[C@H]3CC[C@]12C. The average Bonchev–Trinajstić information content (AvgIpc) is 3.29. The summed E-state index contributed by atoms with van der Waals surface area (Å²) in [4.78, 5) is 0. The number of rotatable bonds is 4. The normalized spacial score (nSPS) is 53.3. The van der Waals surface area contributed by atoms with Crippen LogP contribution < -0.4 is 0 Å². The maximum atomic E-state index is 10.2. The number of fused-ring (bicyclic) bond motifs is 5. The molecule has 4 saturated carbocycles. The van der Waals surface area contributed by atoms with Gasteiger partial charge < -0.3 is 5.11 Å². The third-order valence-corrected chi connectivity index (χ3v) is 12.8. The Morgan fingerprint density at radius 2 is 1.61 bits per heavy atom. The van der Waals surface area contributed by atoms with E-state index >= 15 is 0 Å². The van der Waals surface area contributed by atoms with Crippen LogP contribution in [0.4, 0.5) is 0 Å². The van der Waals surface area contributed by atoms with E-state index in [0.29, 0.717) is 16.2 Å². The summed E-state index contributed by atoms with van der Waals surface area (Å²) in [5.41, 5.74) is 3.18. The van der Waals surface area contributed by atoms with Crippen LogP contribution in [0.5, 0.6) is 0 Å². The second-order valence-corrected chi connectivity index (χ2v) is 14.1. The Labute approximate surface area is 192 Å². The lowest BCUT2D eigenvalue weighted by atomic mass is 9.46. The first-order valence-corrected chi connectivity index (χ1v) is 13.9. The summed E-state index contributed by atoms with van der Waals surface area (Å²) in [6, 6.07) is 0. The standard InChI is InChI=1S/C30H50O/c1-18(2)20(4)30(7)17-27(30)19(3)24-10-11-25-23-9-8-21-16-22(31)12-14-28(21,5)26(23)13-15-29(24,25)6/h16,18-20,22-27,31H,8-15,17H2,1-7H3/t19-,20+,22-,23-,24+,25-,26-,27+,28-,29+,30+/m0/s1. The topological polar surface area (TPSA) is 20.2 Å². The van der Waals surface area contributed by atoms with Gasteiger partial charge in [-0.05, 0) is 121 Å².